The van der Waals surface area contributed by atoms with Gasteiger partial charge in [0.15, 0.2) is 0 Å². The van der Waals surface area contributed by atoms with Crippen molar-refractivity contribution < 1.29 is 9.90 Å². The molecule has 0 aliphatic carbocycles. The maximum absolute atomic E-state index is 10.1. The van der Waals surface area contributed by atoms with Gasteiger partial charge < -0.3 is 10.8 Å². The molecule has 0 saturated heterocycles. The second-order valence-corrected chi connectivity index (χ2v) is 2.50. The number of carbonyl (C=O) groups excluding carboxylic acids is 1. The molecule has 2 atom stereocenters. The van der Waals surface area contributed by atoms with Crippen LogP contribution in [-0.2, 0) is 4.79 Å². The van der Waals surface area contributed by atoms with Crippen LogP contribution >= 0.6 is 0 Å². The zero-order valence-corrected chi connectivity index (χ0v) is 6.47. The highest BCUT2D eigenvalue weighted by Gasteiger charge is 2.15. The molecule has 0 bridgehead atoms. The van der Waals surface area contributed by atoms with Gasteiger partial charge in [-0.15, -0.1) is 0 Å². The number of aliphatic hydroxyl groups excluding tert-OH is 1. The van der Waals surface area contributed by atoms with Crippen molar-refractivity contribution in [3.05, 3.63) is 35.9 Å². The van der Waals surface area contributed by atoms with Crippen molar-refractivity contribution in [1.82, 2.24) is 0 Å². The highest BCUT2D eigenvalue weighted by Crippen LogP contribution is 2.11. The first-order valence-electron chi connectivity index (χ1n) is 3.62. The van der Waals surface area contributed by atoms with E-state index in [1.54, 1.807) is 24.3 Å². The van der Waals surface area contributed by atoms with Gasteiger partial charge >= 0.3 is 0 Å². The van der Waals surface area contributed by atoms with Crippen LogP contribution in [0.1, 0.15) is 11.6 Å². The predicted octanol–water partition coefficient (Wildman–Crippen LogP) is 0.157. The molecule has 0 heterocycles. The Morgan fingerprint density at radius 1 is 1.33 bits per heavy atom. The molecule has 1 aromatic rings. The highest BCUT2D eigenvalue weighted by molar-refractivity contribution is 5.58. The van der Waals surface area contributed by atoms with Gasteiger partial charge in [-0.2, -0.15) is 0 Å². The van der Waals surface area contributed by atoms with Crippen LogP contribution in [-0.4, -0.2) is 17.5 Å². The monoisotopic (exact) mass is 164 g/mol. The molecular weight excluding hydrogens is 154 g/mol. The summed E-state index contributed by atoms with van der Waals surface area (Å²) in [6.07, 6.45) is 0.201. The van der Waals surface area contributed by atoms with Gasteiger partial charge in [0.05, 0.1) is 6.04 Å². The van der Waals surface area contributed by atoms with Crippen LogP contribution in [0.25, 0.3) is 0 Å². The van der Waals surface area contributed by atoms with Crippen molar-refractivity contribution in [2.75, 3.05) is 0 Å². The molecule has 0 aliphatic heterocycles. The number of aliphatic hydroxyl groups is 1. The van der Waals surface area contributed by atoms with Crippen molar-refractivity contribution in [1.29, 1.82) is 0 Å². The molecule has 0 aliphatic rings. The molecule has 1 rings (SSSR count). The second kappa shape index (κ2) is 3.99. The van der Waals surface area contributed by atoms with Crippen LogP contribution in [0.2, 0.25) is 0 Å². The molecular formula is C9H10NO2. The van der Waals surface area contributed by atoms with E-state index in [1.165, 1.54) is 6.29 Å². The SMILES string of the molecule is N[C@H](c1ccccc1)C(O)[C]=O. The Morgan fingerprint density at radius 2 is 1.92 bits per heavy atom. The van der Waals surface area contributed by atoms with Crippen molar-refractivity contribution >= 4 is 6.29 Å². The summed E-state index contributed by atoms with van der Waals surface area (Å²) >= 11 is 0. The van der Waals surface area contributed by atoms with Crippen molar-refractivity contribution in [2.24, 2.45) is 5.73 Å². The number of benzene rings is 1. The number of hydrogen-bond acceptors (Lipinski definition) is 3. The van der Waals surface area contributed by atoms with E-state index < -0.39 is 12.1 Å². The van der Waals surface area contributed by atoms with E-state index in [4.69, 9.17) is 10.8 Å². The third-order valence-electron chi connectivity index (χ3n) is 1.65. The Kier molecular flexibility index (Phi) is 2.96. The molecule has 0 fully saturated rings. The number of rotatable bonds is 3. The van der Waals surface area contributed by atoms with E-state index in [0.29, 0.717) is 0 Å². The van der Waals surface area contributed by atoms with E-state index in [1.807, 2.05) is 6.07 Å². The summed E-state index contributed by atoms with van der Waals surface area (Å²) in [5, 5.41) is 9.03. The first-order valence-corrected chi connectivity index (χ1v) is 3.62. The maximum atomic E-state index is 10.1. The first kappa shape index (κ1) is 8.90. The fourth-order valence-electron chi connectivity index (χ4n) is 0.931. The van der Waals surface area contributed by atoms with Gasteiger partial charge in [0.1, 0.15) is 6.10 Å². The lowest BCUT2D eigenvalue weighted by Gasteiger charge is -2.12. The highest BCUT2D eigenvalue weighted by atomic mass is 16.3. The fourth-order valence-corrected chi connectivity index (χ4v) is 0.931. The zero-order valence-electron chi connectivity index (χ0n) is 6.47. The van der Waals surface area contributed by atoms with Gasteiger partial charge in [-0.25, -0.2) is 0 Å². The summed E-state index contributed by atoms with van der Waals surface area (Å²) in [4.78, 5) is 10.1. The summed E-state index contributed by atoms with van der Waals surface area (Å²) in [6.45, 7) is 0. The lowest BCUT2D eigenvalue weighted by molar-refractivity contribution is 0.204. The topological polar surface area (TPSA) is 63.3 Å². The summed E-state index contributed by atoms with van der Waals surface area (Å²) in [7, 11) is 0. The Hall–Kier alpha value is -1.19. The first-order chi connectivity index (χ1) is 5.75. The van der Waals surface area contributed by atoms with Crippen molar-refractivity contribution in [3.8, 4) is 0 Å². The molecule has 1 aromatic carbocycles. The quantitative estimate of drug-likeness (QED) is 0.668. The van der Waals surface area contributed by atoms with Gasteiger partial charge in [0.25, 0.3) is 0 Å². The molecule has 0 amide bonds. The van der Waals surface area contributed by atoms with E-state index in [-0.39, 0.29) is 0 Å². The van der Waals surface area contributed by atoms with Crippen LogP contribution in [0.15, 0.2) is 30.3 Å². The van der Waals surface area contributed by atoms with E-state index in [2.05, 4.69) is 0 Å². The summed E-state index contributed by atoms with van der Waals surface area (Å²) in [5.41, 5.74) is 6.27. The minimum Gasteiger partial charge on any atom is -0.383 e. The Morgan fingerprint density at radius 3 is 2.42 bits per heavy atom. The van der Waals surface area contributed by atoms with Crippen LogP contribution in [0, 0.1) is 0 Å². The lowest BCUT2D eigenvalue weighted by Crippen LogP contribution is -2.27. The smallest absolute Gasteiger partial charge is 0.231 e. The third-order valence-corrected chi connectivity index (χ3v) is 1.65. The van der Waals surface area contributed by atoms with E-state index in [9.17, 15) is 4.79 Å². The van der Waals surface area contributed by atoms with Gasteiger partial charge in [0, 0.05) is 0 Å². The molecule has 3 nitrogen and oxygen atoms in total. The van der Waals surface area contributed by atoms with Gasteiger partial charge in [-0.05, 0) is 5.56 Å². The molecule has 0 saturated carbocycles. The minimum atomic E-state index is -1.24. The molecule has 12 heavy (non-hydrogen) atoms. The molecule has 3 heteroatoms. The van der Waals surface area contributed by atoms with Crippen molar-refractivity contribution in [2.45, 2.75) is 12.1 Å². The lowest BCUT2D eigenvalue weighted by atomic mass is 10.0. The summed E-state index contributed by atoms with van der Waals surface area (Å²) < 4.78 is 0. The van der Waals surface area contributed by atoms with Crippen LogP contribution in [0.4, 0.5) is 0 Å². The van der Waals surface area contributed by atoms with Crippen molar-refractivity contribution in [3.63, 3.8) is 0 Å². The Bertz CT molecular complexity index is 248. The zero-order chi connectivity index (χ0) is 8.97. The van der Waals surface area contributed by atoms with E-state index in [0.717, 1.165) is 5.56 Å². The Balaban J connectivity index is 2.78. The fraction of sp³-hybridized carbons (Fsp3) is 0.222. The van der Waals surface area contributed by atoms with Gasteiger partial charge in [-0.1, -0.05) is 30.3 Å². The van der Waals surface area contributed by atoms with E-state index >= 15 is 0 Å². The minimum absolute atomic E-state index is 0.677. The molecule has 63 valence electrons. The predicted molar refractivity (Wildman–Crippen MR) is 45.1 cm³/mol. The van der Waals surface area contributed by atoms with Gasteiger partial charge in [0.2, 0.25) is 6.29 Å². The van der Waals surface area contributed by atoms with Gasteiger partial charge in [-0.3, -0.25) is 4.79 Å². The molecule has 3 N–H and O–H groups in total. The number of nitrogens with two attached hydrogens (primary N) is 1. The van der Waals surface area contributed by atoms with Crippen LogP contribution in [0.5, 0.6) is 0 Å². The van der Waals surface area contributed by atoms with Crippen LogP contribution in [0.3, 0.4) is 0 Å². The standard InChI is InChI=1S/C9H10NO2/c10-9(8(12)6-11)7-4-2-1-3-5-7/h1-5,8-9,12H,10H2/t8?,9-/m1/s1. The molecule has 1 unspecified atom stereocenters. The summed E-state index contributed by atoms with van der Waals surface area (Å²) in [5.74, 6) is 0. The van der Waals surface area contributed by atoms with Crippen LogP contribution < -0.4 is 5.73 Å². The molecule has 0 aromatic heterocycles. The molecule has 0 spiro atoms. The second-order valence-electron chi connectivity index (χ2n) is 2.50. The average Bonchev–Trinajstić information content (AvgIpc) is 2.17. The summed E-state index contributed by atoms with van der Waals surface area (Å²) in [6, 6.07) is 8.27. The number of hydrogen-bond donors (Lipinski definition) is 2. The normalized spacial score (nSPS) is 15.2. The third kappa shape index (κ3) is 1.90. The average molecular weight is 164 g/mol. The maximum Gasteiger partial charge on any atom is 0.231 e. The molecule has 1 radical (unpaired) electrons. The largest absolute Gasteiger partial charge is 0.383 e. The Labute approximate surface area is 70.8 Å².